The molecule has 0 unspecified atom stereocenters. The summed E-state index contributed by atoms with van der Waals surface area (Å²) < 4.78 is 0. The number of para-hydroxylation sites is 1. The number of hydrogen-bond acceptors (Lipinski definition) is 0. The molecule has 0 N–H and O–H groups in total. The third-order valence-electron chi connectivity index (χ3n) is 0.934. The summed E-state index contributed by atoms with van der Waals surface area (Å²) in [6.07, 6.45) is 0. The maximum atomic E-state index is 3.92. The summed E-state index contributed by atoms with van der Waals surface area (Å²) >= 11 is 3.33. The van der Waals surface area contributed by atoms with E-state index in [4.69, 9.17) is 0 Å². The van der Waals surface area contributed by atoms with Crippen LogP contribution in [0, 0.1) is 6.07 Å². The minimum absolute atomic E-state index is 0. The van der Waals surface area contributed by atoms with Crippen molar-refractivity contribution < 1.29 is 95.6 Å². The van der Waals surface area contributed by atoms with Crippen LogP contribution >= 0.6 is 0 Å². The zero-order valence-corrected chi connectivity index (χ0v) is 21.5. The van der Waals surface area contributed by atoms with Gasteiger partial charge in [-0.3, -0.25) is 5.69 Å². The summed E-state index contributed by atoms with van der Waals surface area (Å²) in [4.78, 5) is 0. The quantitative estimate of drug-likeness (QED) is 0.384. The first kappa shape index (κ1) is 24.6. The Hall–Kier alpha value is 2.46. The second-order valence-electron chi connectivity index (χ2n) is 1.47. The first-order chi connectivity index (χ1) is 4.93. The van der Waals surface area contributed by atoms with Crippen LogP contribution in [0.2, 0.25) is 0 Å². The Balaban J connectivity index is -0.0000000761. The van der Waals surface area contributed by atoms with Crippen molar-refractivity contribution in [1.82, 2.24) is 0 Å². The maximum absolute atomic E-state index is 3.92. The fraction of sp³-hybridized carbons (Fsp3) is 0.143. The third kappa shape index (κ3) is 14.5. The van der Waals surface area contributed by atoms with Gasteiger partial charge >= 0.3 is 32.4 Å². The van der Waals surface area contributed by atoms with Gasteiger partial charge in [-0.1, -0.05) is 0 Å². The Morgan fingerprint density at radius 2 is 1.69 bits per heavy atom. The normalized spacial score (nSPS) is 5.62. The van der Waals surface area contributed by atoms with Crippen LogP contribution in [-0.4, -0.2) is 7.05 Å². The van der Waals surface area contributed by atoms with E-state index in [-0.39, 0.29) is 63.2 Å². The number of benzene rings is 1. The van der Waals surface area contributed by atoms with Crippen LogP contribution in [0.3, 0.4) is 0 Å². The van der Waals surface area contributed by atoms with Crippen molar-refractivity contribution in [2.45, 2.75) is 0 Å². The first-order valence-corrected chi connectivity index (χ1v) is 13.7. The van der Waals surface area contributed by atoms with E-state index in [9.17, 15) is 0 Å². The van der Waals surface area contributed by atoms with E-state index < -0.39 is 0 Å². The van der Waals surface area contributed by atoms with Crippen molar-refractivity contribution in [1.29, 1.82) is 0 Å². The fourth-order valence-electron chi connectivity index (χ4n) is 0.523. The molecule has 13 heavy (non-hydrogen) atoms. The number of nitrogens with zero attached hydrogens (tertiary/aromatic N) is 1. The van der Waals surface area contributed by atoms with Crippen molar-refractivity contribution >= 4 is 5.69 Å². The Labute approximate surface area is 142 Å². The molecule has 0 amide bonds. The van der Waals surface area contributed by atoms with Crippen LogP contribution in [0.15, 0.2) is 24.3 Å². The van der Waals surface area contributed by atoms with Gasteiger partial charge in [-0.2, -0.15) is 30.3 Å². The second-order valence-corrected chi connectivity index (χ2v) is 1.47. The van der Waals surface area contributed by atoms with Crippen molar-refractivity contribution in [2.24, 2.45) is 0 Å². The van der Waals surface area contributed by atoms with Crippen molar-refractivity contribution in [2.75, 3.05) is 7.05 Å². The molecule has 0 saturated carbocycles. The van der Waals surface area contributed by atoms with E-state index in [1.54, 1.807) is 39.5 Å². The van der Waals surface area contributed by atoms with Gasteiger partial charge in [-0.25, -0.2) is 0 Å². The summed E-state index contributed by atoms with van der Waals surface area (Å²) in [5.74, 6) is 0. The van der Waals surface area contributed by atoms with Crippen molar-refractivity contribution in [3.63, 3.8) is 0 Å². The molecule has 0 radical (unpaired) electrons. The summed E-state index contributed by atoms with van der Waals surface area (Å²) in [6, 6.07) is 10.6. The van der Waals surface area contributed by atoms with Gasteiger partial charge in [0.1, 0.15) is 0 Å². The number of hydrogen-bond donors (Lipinski definition) is 0. The second kappa shape index (κ2) is 19.9. The Kier molecular flexibility index (Phi) is 37.8. The Morgan fingerprint density at radius 3 is 1.92 bits per heavy atom. The molecule has 0 atom stereocenters. The molecule has 1 aromatic rings. The van der Waals surface area contributed by atoms with E-state index in [1.165, 1.54) is 0 Å². The van der Waals surface area contributed by atoms with E-state index in [0.717, 1.165) is 5.69 Å². The molecule has 0 saturated heterocycles. The molecule has 0 aliphatic rings. The predicted octanol–water partition coefficient (Wildman–Crippen LogP) is 2.11. The summed E-state index contributed by atoms with van der Waals surface area (Å²) in [7, 11) is 1.76. The SMILES string of the molecule is C[N-]c1[c-]cccc1.[W].[W].[W].[W]=[W]. The van der Waals surface area contributed by atoms with Crippen LogP contribution in [0.5, 0.6) is 0 Å². The molecule has 1 nitrogen and oxygen atoms in total. The monoisotopic (exact) mass is 1020 g/mol. The van der Waals surface area contributed by atoms with E-state index in [0.29, 0.717) is 0 Å². The van der Waals surface area contributed by atoms with Crippen LogP contribution in [0.1, 0.15) is 0 Å². The van der Waals surface area contributed by atoms with E-state index in [1.807, 2.05) is 24.3 Å². The van der Waals surface area contributed by atoms with Gasteiger partial charge in [0.15, 0.2) is 0 Å². The number of rotatable bonds is 1. The van der Waals surface area contributed by atoms with Crippen LogP contribution in [0.25, 0.3) is 5.32 Å². The van der Waals surface area contributed by atoms with Gasteiger partial charge in [0.2, 0.25) is 0 Å². The molecule has 1 rings (SSSR count). The van der Waals surface area contributed by atoms with Gasteiger partial charge < -0.3 is 5.32 Å². The standard InChI is InChI=1S/C7H7N.5W/c1-8-7-5-3-2-4-6-7;;;;;/h2-5H,1H3;;;;;/q-2;;;;;. The molecule has 0 aliphatic carbocycles. The van der Waals surface area contributed by atoms with Crippen LogP contribution in [0.4, 0.5) is 5.69 Å². The molecule has 72 valence electrons. The molecule has 0 bridgehead atoms. The fourth-order valence-corrected chi connectivity index (χ4v) is 0.523. The molecular weight excluding hydrogens is 1020 g/mol. The molecule has 6 heteroatoms. The molecular formula is C7H7NW5-2. The molecule has 0 heterocycles. The topological polar surface area (TPSA) is 14.1 Å². The molecule has 1 aromatic carbocycles. The molecule has 0 fully saturated rings. The van der Waals surface area contributed by atoms with Crippen LogP contribution < -0.4 is 0 Å². The average Bonchev–Trinajstić information content (AvgIpc) is 2.10. The summed E-state index contributed by atoms with van der Waals surface area (Å²) in [5, 5.41) is 3.92. The predicted molar refractivity (Wildman–Crippen MR) is 34.2 cm³/mol. The third-order valence-corrected chi connectivity index (χ3v) is 0.934. The van der Waals surface area contributed by atoms with Gasteiger partial charge in [0.05, 0.1) is 0 Å². The zero-order chi connectivity index (χ0) is 7.82. The van der Waals surface area contributed by atoms with E-state index >= 15 is 0 Å². The van der Waals surface area contributed by atoms with Gasteiger partial charge in [-0.05, 0) is 0 Å². The molecule has 0 spiro atoms. The van der Waals surface area contributed by atoms with Gasteiger partial charge in [-0.15, -0.1) is 7.05 Å². The average molecular weight is 1020 g/mol. The zero-order valence-electron chi connectivity index (χ0n) is 6.80. The summed E-state index contributed by atoms with van der Waals surface area (Å²) in [5.41, 5.74) is 0.910. The van der Waals surface area contributed by atoms with E-state index in [2.05, 4.69) is 11.4 Å². The molecule has 0 aliphatic heterocycles. The first-order valence-electron chi connectivity index (χ1n) is 2.66. The van der Waals surface area contributed by atoms with Gasteiger partial charge in [0, 0.05) is 63.2 Å². The van der Waals surface area contributed by atoms with Crippen LogP contribution in [-0.2, 0) is 95.6 Å². The van der Waals surface area contributed by atoms with Crippen molar-refractivity contribution in [3.8, 4) is 0 Å². The summed E-state index contributed by atoms with van der Waals surface area (Å²) in [6.45, 7) is 0. The Bertz CT molecular complexity index is 170. The molecule has 0 aromatic heterocycles. The van der Waals surface area contributed by atoms with Gasteiger partial charge in [0.25, 0.3) is 0 Å². The minimum atomic E-state index is 0. The Morgan fingerprint density at radius 1 is 1.15 bits per heavy atom. The van der Waals surface area contributed by atoms with Crippen molar-refractivity contribution in [3.05, 3.63) is 35.6 Å².